The summed E-state index contributed by atoms with van der Waals surface area (Å²) in [5.74, 6) is -0.389. The van der Waals surface area contributed by atoms with E-state index in [0.717, 1.165) is 18.4 Å². The number of unbranched alkanes of at least 4 members (excludes halogenated alkanes) is 1. The molecular formula is C25H26FN5O3. The summed E-state index contributed by atoms with van der Waals surface area (Å²) in [4.78, 5) is 36.7. The molecule has 0 aliphatic rings. The normalized spacial score (nSPS) is 11.1. The Hall–Kier alpha value is -4.01. The Morgan fingerprint density at radius 3 is 2.71 bits per heavy atom. The molecular weight excluding hydrogens is 437 g/mol. The highest BCUT2D eigenvalue weighted by Gasteiger charge is 2.25. The van der Waals surface area contributed by atoms with Gasteiger partial charge in [0, 0.05) is 5.56 Å². The van der Waals surface area contributed by atoms with E-state index in [-0.39, 0.29) is 29.4 Å². The third kappa shape index (κ3) is 4.54. The molecule has 34 heavy (non-hydrogen) atoms. The molecule has 1 N–H and O–H groups in total. The molecule has 0 saturated heterocycles. The maximum absolute atomic E-state index is 14.5. The first-order valence-electron chi connectivity index (χ1n) is 11.1. The van der Waals surface area contributed by atoms with E-state index in [2.05, 4.69) is 22.0 Å². The lowest BCUT2D eigenvalue weighted by atomic mass is 10.1. The van der Waals surface area contributed by atoms with Crippen LogP contribution in [0.2, 0.25) is 0 Å². The first-order valence-corrected chi connectivity index (χ1v) is 11.1. The van der Waals surface area contributed by atoms with Crippen LogP contribution >= 0.6 is 0 Å². The molecule has 0 fully saturated rings. The summed E-state index contributed by atoms with van der Waals surface area (Å²) in [6, 6.07) is 12.9. The Morgan fingerprint density at radius 1 is 1.18 bits per heavy atom. The quantitative estimate of drug-likeness (QED) is 0.425. The van der Waals surface area contributed by atoms with Crippen LogP contribution in [0.25, 0.3) is 5.78 Å². The summed E-state index contributed by atoms with van der Waals surface area (Å²) in [5.41, 5.74) is 1.59. The Labute approximate surface area is 196 Å². The Bertz CT molecular complexity index is 1400. The van der Waals surface area contributed by atoms with Crippen molar-refractivity contribution in [3.63, 3.8) is 0 Å². The average molecular weight is 464 g/mol. The largest absolute Gasteiger partial charge is 0.497 e. The van der Waals surface area contributed by atoms with E-state index in [1.54, 1.807) is 38.3 Å². The number of carbonyl (C=O) groups excluding carboxylic acids is 1. The number of benzene rings is 2. The van der Waals surface area contributed by atoms with Crippen molar-refractivity contribution in [2.75, 3.05) is 12.0 Å². The number of aromatic amines is 1. The molecule has 1 amide bonds. The van der Waals surface area contributed by atoms with E-state index >= 15 is 0 Å². The number of ether oxygens (including phenoxy) is 1. The van der Waals surface area contributed by atoms with E-state index in [4.69, 9.17) is 4.74 Å². The van der Waals surface area contributed by atoms with Gasteiger partial charge in [-0.15, -0.1) is 0 Å². The molecule has 2 aromatic heterocycles. The predicted octanol–water partition coefficient (Wildman–Crippen LogP) is 4.06. The molecule has 0 radical (unpaired) electrons. The molecule has 0 aliphatic heterocycles. The molecule has 9 heteroatoms. The van der Waals surface area contributed by atoms with Gasteiger partial charge in [-0.2, -0.15) is 9.50 Å². The van der Waals surface area contributed by atoms with Crippen molar-refractivity contribution < 1.29 is 13.9 Å². The Balaban J connectivity index is 1.82. The summed E-state index contributed by atoms with van der Waals surface area (Å²) in [6.07, 6.45) is 2.41. The molecule has 176 valence electrons. The van der Waals surface area contributed by atoms with Crippen LogP contribution in [0.3, 0.4) is 0 Å². The number of anilines is 1. The molecule has 4 aromatic rings. The second kappa shape index (κ2) is 9.86. The fourth-order valence-corrected chi connectivity index (χ4v) is 3.78. The summed E-state index contributed by atoms with van der Waals surface area (Å²) in [5, 5.41) is 2.91. The van der Waals surface area contributed by atoms with Crippen LogP contribution in [0.5, 0.6) is 5.75 Å². The van der Waals surface area contributed by atoms with Gasteiger partial charge in [0.05, 0.1) is 24.9 Å². The molecule has 0 atom stereocenters. The van der Waals surface area contributed by atoms with Gasteiger partial charge >= 0.3 is 0 Å². The summed E-state index contributed by atoms with van der Waals surface area (Å²) >= 11 is 0. The van der Waals surface area contributed by atoms with Gasteiger partial charge in [-0.1, -0.05) is 37.6 Å². The van der Waals surface area contributed by atoms with Crippen LogP contribution in [0, 0.1) is 12.7 Å². The molecule has 0 saturated carbocycles. The van der Waals surface area contributed by atoms with Crippen LogP contribution < -0.4 is 15.2 Å². The number of aryl methyl sites for hydroxylation is 1. The summed E-state index contributed by atoms with van der Waals surface area (Å²) in [6.45, 7) is 3.90. The smallest absolute Gasteiger partial charge is 0.277 e. The molecule has 0 unspecified atom stereocenters. The number of nitrogens with zero attached hydrogens (tertiary/aromatic N) is 4. The van der Waals surface area contributed by atoms with Crippen molar-refractivity contribution in [1.82, 2.24) is 19.6 Å². The van der Waals surface area contributed by atoms with Crippen molar-refractivity contribution in [1.29, 1.82) is 0 Å². The SMILES string of the molecule is CCCCc1c(C)nc2nc(N(Cc3cccc(OC)c3)C(=O)c3ccccc3F)[nH]n2c1=O. The van der Waals surface area contributed by atoms with Crippen LogP contribution in [-0.2, 0) is 13.0 Å². The maximum atomic E-state index is 14.5. The predicted molar refractivity (Wildman–Crippen MR) is 127 cm³/mol. The first-order chi connectivity index (χ1) is 16.4. The highest BCUT2D eigenvalue weighted by atomic mass is 19.1. The van der Waals surface area contributed by atoms with Gasteiger partial charge in [-0.25, -0.2) is 9.37 Å². The minimum absolute atomic E-state index is 0.0701. The van der Waals surface area contributed by atoms with Gasteiger partial charge in [0.2, 0.25) is 5.95 Å². The van der Waals surface area contributed by atoms with Gasteiger partial charge in [0.1, 0.15) is 11.6 Å². The lowest BCUT2D eigenvalue weighted by molar-refractivity contribution is 0.0979. The van der Waals surface area contributed by atoms with Gasteiger partial charge < -0.3 is 4.74 Å². The zero-order chi connectivity index (χ0) is 24.2. The van der Waals surface area contributed by atoms with Crippen LogP contribution in [-0.4, -0.2) is 32.6 Å². The number of hydrogen-bond acceptors (Lipinski definition) is 5. The highest BCUT2D eigenvalue weighted by Crippen LogP contribution is 2.21. The zero-order valence-electron chi connectivity index (χ0n) is 19.3. The van der Waals surface area contributed by atoms with Gasteiger partial charge in [0.25, 0.3) is 17.2 Å². The van der Waals surface area contributed by atoms with Crippen molar-refractivity contribution in [3.05, 3.63) is 87.1 Å². The molecule has 0 bridgehead atoms. The topological polar surface area (TPSA) is 92.6 Å². The van der Waals surface area contributed by atoms with Gasteiger partial charge in [-0.05, 0) is 49.6 Å². The molecule has 8 nitrogen and oxygen atoms in total. The molecule has 0 aliphatic carbocycles. The number of fused-ring (bicyclic) bond motifs is 1. The second-order valence-corrected chi connectivity index (χ2v) is 7.99. The zero-order valence-corrected chi connectivity index (χ0v) is 19.3. The minimum Gasteiger partial charge on any atom is -0.497 e. The number of rotatable bonds is 8. The fraction of sp³-hybridized carbons (Fsp3) is 0.280. The third-order valence-corrected chi connectivity index (χ3v) is 5.64. The van der Waals surface area contributed by atoms with Crippen LogP contribution in [0.15, 0.2) is 53.3 Å². The lowest BCUT2D eigenvalue weighted by Crippen LogP contribution is -2.32. The van der Waals surface area contributed by atoms with Crippen molar-refractivity contribution in [2.24, 2.45) is 0 Å². The lowest BCUT2D eigenvalue weighted by Gasteiger charge is -2.20. The number of aromatic nitrogens is 4. The molecule has 4 rings (SSSR count). The van der Waals surface area contributed by atoms with Crippen molar-refractivity contribution in [2.45, 2.75) is 39.7 Å². The number of amides is 1. The molecule has 2 heterocycles. The summed E-state index contributed by atoms with van der Waals surface area (Å²) < 4.78 is 21.0. The van der Waals surface area contributed by atoms with E-state index in [9.17, 15) is 14.0 Å². The standard InChI is InChI=1S/C25H26FN5O3/c1-4-5-11-19-16(2)27-24-28-25(29-31(24)23(19)33)30(15-17-9-8-10-18(14-17)34-3)22(32)20-12-6-7-13-21(20)26/h6-10,12-14H,4-5,11,15H2,1-3H3,(H,27,28,29). The van der Waals surface area contributed by atoms with Crippen molar-refractivity contribution in [3.8, 4) is 5.75 Å². The van der Waals surface area contributed by atoms with E-state index in [1.165, 1.54) is 27.6 Å². The number of carbonyl (C=O) groups is 1. The van der Waals surface area contributed by atoms with Crippen LogP contribution in [0.4, 0.5) is 10.3 Å². The molecule has 0 spiro atoms. The number of methoxy groups -OCH3 is 1. The van der Waals surface area contributed by atoms with E-state index in [1.807, 2.05) is 6.07 Å². The number of halogens is 1. The van der Waals surface area contributed by atoms with Crippen LogP contribution in [0.1, 0.15) is 46.9 Å². The number of H-pyrrole nitrogens is 1. The van der Waals surface area contributed by atoms with E-state index < -0.39 is 11.7 Å². The first kappa shape index (κ1) is 23.2. The van der Waals surface area contributed by atoms with Gasteiger partial charge in [-0.3, -0.25) is 19.6 Å². The Morgan fingerprint density at radius 2 is 1.97 bits per heavy atom. The van der Waals surface area contributed by atoms with E-state index in [0.29, 0.717) is 23.4 Å². The molecule has 2 aromatic carbocycles. The highest BCUT2D eigenvalue weighted by molar-refractivity contribution is 6.05. The average Bonchev–Trinajstić information content (AvgIpc) is 3.26. The van der Waals surface area contributed by atoms with Crippen molar-refractivity contribution >= 4 is 17.6 Å². The summed E-state index contributed by atoms with van der Waals surface area (Å²) in [7, 11) is 1.55. The minimum atomic E-state index is -0.646. The number of nitrogens with one attached hydrogen (secondary N) is 1. The maximum Gasteiger partial charge on any atom is 0.277 e. The Kier molecular flexibility index (Phi) is 6.72. The second-order valence-electron chi connectivity index (χ2n) is 7.99. The monoisotopic (exact) mass is 463 g/mol. The number of hydrogen-bond donors (Lipinski definition) is 1. The third-order valence-electron chi connectivity index (χ3n) is 5.64. The van der Waals surface area contributed by atoms with Gasteiger partial charge in [0.15, 0.2) is 0 Å². The fourth-order valence-electron chi connectivity index (χ4n) is 3.78.